The van der Waals surface area contributed by atoms with E-state index in [4.69, 9.17) is 0 Å². The molecule has 192 valence electrons. The molecule has 2 amide bonds. The number of sulfone groups is 1. The zero-order valence-electron chi connectivity index (χ0n) is 20.2. The van der Waals surface area contributed by atoms with E-state index in [1.165, 1.54) is 0 Å². The number of aliphatic hydroxyl groups excluding tert-OH is 1. The molecule has 0 aromatic heterocycles. The molecule has 3 aromatic rings. The molecule has 1 aliphatic heterocycles. The highest BCUT2D eigenvalue weighted by molar-refractivity contribution is 7.90. The summed E-state index contributed by atoms with van der Waals surface area (Å²) in [5.74, 6) is -3.22. The second kappa shape index (κ2) is 10.7. The largest absolute Gasteiger partial charge is 0.481 e. The van der Waals surface area contributed by atoms with Gasteiger partial charge >= 0.3 is 5.97 Å². The number of aliphatic hydroxyl groups is 1. The minimum Gasteiger partial charge on any atom is -0.481 e. The lowest BCUT2D eigenvalue weighted by Crippen LogP contribution is -2.36. The predicted molar refractivity (Wildman–Crippen MR) is 137 cm³/mol. The van der Waals surface area contributed by atoms with Gasteiger partial charge in [0.15, 0.2) is 9.84 Å². The summed E-state index contributed by atoms with van der Waals surface area (Å²) in [7, 11) is -3.27. The third-order valence-corrected chi connectivity index (χ3v) is 7.75. The SMILES string of the molecule is CS(=O)(=O)c1ccc(-c2ccc(CCC(O)C(CCN3C(=O)c4ccccc4C3=O)C(=O)O)cc2)cc1. The quantitative estimate of drug-likeness (QED) is 0.391. The van der Waals surface area contributed by atoms with Gasteiger partial charge in [0, 0.05) is 12.8 Å². The fourth-order valence-electron chi connectivity index (χ4n) is 4.47. The number of rotatable bonds is 10. The zero-order chi connectivity index (χ0) is 26.7. The molecule has 0 saturated heterocycles. The number of carboxylic acid groups (broad SMARTS) is 1. The molecule has 0 radical (unpaired) electrons. The molecule has 2 unspecified atom stereocenters. The average molecular weight is 522 g/mol. The van der Waals surface area contributed by atoms with Crippen molar-refractivity contribution in [1.29, 1.82) is 0 Å². The Morgan fingerprint density at radius 2 is 1.35 bits per heavy atom. The Kier molecular flexibility index (Phi) is 7.56. The molecular formula is C28H27NO7S. The lowest BCUT2D eigenvalue weighted by molar-refractivity contribution is -0.146. The van der Waals surface area contributed by atoms with Gasteiger partial charge in [-0.05, 0) is 60.2 Å². The Hall–Kier alpha value is -3.82. The highest BCUT2D eigenvalue weighted by Gasteiger charge is 2.36. The average Bonchev–Trinajstić information content (AvgIpc) is 3.12. The number of carbonyl (C=O) groups is 3. The second-order valence-electron chi connectivity index (χ2n) is 9.14. The van der Waals surface area contributed by atoms with Crippen LogP contribution in [-0.4, -0.2) is 60.2 Å². The Labute approximate surface area is 215 Å². The maximum atomic E-state index is 12.5. The van der Waals surface area contributed by atoms with Crippen LogP contribution in [0, 0.1) is 5.92 Å². The molecule has 37 heavy (non-hydrogen) atoms. The highest BCUT2D eigenvalue weighted by atomic mass is 32.2. The summed E-state index contributed by atoms with van der Waals surface area (Å²) in [6, 6.07) is 20.6. The van der Waals surface area contributed by atoms with Crippen LogP contribution in [0.15, 0.2) is 77.7 Å². The third-order valence-electron chi connectivity index (χ3n) is 6.62. The van der Waals surface area contributed by atoms with Gasteiger partial charge in [0.2, 0.25) is 0 Å². The number of carbonyl (C=O) groups excluding carboxylic acids is 2. The Bertz CT molecular complexity index is 1400. The van der Waals surface area contributed by atoms with E-state index in [2.05, 4.69) is 0 Å². The van der Waals surface area contributed by atoms with Crippen LogP contribution < -0.4 is 0 Å². The van der Waals surface area contributed by atoms with Gasteiger partial charge in [-0.3, -0.25) is 19.3 Å². The van der Waals surface area contributed by atoms with Crippen LogP contribution in [0.3, 0.4) is 0 Å². The smallest absolute Gasteiger partial charge is 0.309 e. The number of hydrogen-bond acceptors (Lipinski definition) is 6. The van der Waals surface area contributed by atoms with E-state index in [1.54, 1.807) is 48.5 Å². The number of amides is 2. The van der Waals surface area contributed by atoms with E-state index < -0.39 is 39.6 Å². The number of carboxylic acids is 1. The summed E-state index contributed by atoms with van der Waals surface area (Å²) >= 11 is 0. The molecule has 0 aliphatic carbocycles. The zero-order valence-corrected chi connectivity index (χ0v) is 21.0. The molecule has 1 heterocycles. The van der Waals surface area contributed by atoms with E-state index in [9.17, 15) is 33.0 Å². The van der Waals surface area contributed by atoms with Crippen molar-refractivity contribution in [3.63, 3.8) is 0 Å². The maximum Gasteiger partial charge on any atom is 0.309 e. The number of benzene rings is 3. The van der Waals surface area contributed by atoms with Crippen molar-refractivity contribution in [3.05, 3.63) is 89.5 Å². The van der Waals surface area contributed by atoms with Crippen LogP contribution in [0.25, 0.3) is 11.1 Å². The molecular weight excluding hydrogens is 494 g/mol. The minimum atomic E-state index is -3.27. The first kappa shape index (κ1) is 26.2. The number of aryl methyl sites for hydroxylation is 1. The Balaban J connectivity index is 1.34. The van der Waals surface area contributed by atoms with Crippen LogP contribution in [0.4, 0.5) is 0 Å². The first-order valence-corrected chi connectivity index (χ1v) is 13.7. The van der Waals surface area contributed by atoms with Crippen LogP contribution in [0.1, 0.15) is 39.1 Å². The van der Waals surface area contributed by atoms with Gasteiger partial charge in [-0.1, -0.05) is 48.5 Å². The maximum absolute atomic E-state index is 12.5. The van der Waals surface area contributed by atoms with Crippen LogP contribution >= 0.6 is 0 Å². The van der Waals surface area contributed by atoms with E-state index in [0.717, 1.165) is 27.8 Å². The van der Waals surface area contributed by atoms with Crippen molar-refractivity contribution < 1.29 is 33.0 Å². The van der Waals surface area contributed by atoms with Crippen molar-refractivity contribution in [3.8, 4) is 11.1 Å². The first-order chi connectivity index (χ1) is 17.6. The number of hydrogen-bond donors (Lipinski definition) is 2. The van der Waals surface area contributed by atoms with Crippen molar-refractivity contribution >= 4 is 27.6 Å². The molecule has 0 saturated carbocycles. The molecule has 0 bridgehead atoms. The van der Waals surface area contributed by atoms with Gasteiger partial charge in [0.05, 0.1) is 28.0 Å². The minimum absolute atomic E-state index is 0.0512. The Morgan fingerprint density at radius 3 is 1.84 bits per heavy atom. The molecule has 8 nitrogen and oxygen atoms in total. The van der Waals surface area contributed by atoms with Gasteiger partial charge < -0.3 is 10.2 Å². The van der Waals surface area contributed by atoms with E-state index in [-0.39, 0.29) is 24.3 Å². The molecule has 0 fully saturated rings. The molecule has 9 heteroatoms. The van der Waals surface area contributed by atoms with Gasteiger partial charge in [0.25, 0.3) is 11.8 Å². The summed E-state index contributed by atoms with van der Waals surface area (Å²) in [6.07, 6.45) is 0.581. The summed E-state index contributed by atoms with van der Waals surface area (Å²) in [6.45, 7) is -0.0901. The topological polar surface area (TPSA) is 129 Å². The van der Waals surface area contributed by atoms with Crippen molar-refractivity contribution in [1.82, 2.24) is 4.90 Å². The number of nitrogens with zero attached hydrogens (tertiary/aromatic N) is 1. The van der Waals surface area contributed by atoms with Crippen molar-refractivity contribution in [2.75, 3.05) is 12.8 Å². The van der Waals surface area contributed by atoms with Crippen molar-refractivity contribution in [2.24, 2.45) is 5.92 Å². The third kappa shape index (κ3) is 5.79. The molecule has 2 N–H and O–H groups in total. The molecule has 1 aliphatic rings. The lowest BCUT2D eigenvalue weighted by atomic mass is 9.93. The van der Waals surface area contributed by atoms with Crippen LogP contribution in [0.2, 0.25) is 0 Å². The number of fused-ring (bicyclic) bond motifs is 1. The highest BCUT2D eigenvalue weighted by Crippen LogP contribution is 2.25. The normalized spacial score (nSPS) is 14.9. The van der Waals surface area contributed by atoms with Gasteiger partial charge in [-0.15, -0.1) is 0 Å². The fraction of sp³-hybridized carbons (Fsp3) is 0.250. The van der Waals surface area contributed by atoms with Gasteiger partial charge in [-0.2, -0.15) is 0 Å². The van der Waals surface area contributed by atoms with E-state index in [0.29, 0.717) is 17.5 Å². The second-order valence-corrected chi connectivity index (χ2v) is 11.2. The number of aliphatic carboxylic acids is 1. The van der Waals surface area contributed by atoms with Crippen molar-refractivity contribution in [2.45, 2.75) is 30.3 Å². The summed E-state index contributed by atoms with van der Waals surface area (Å²) in [5.41, 5.74) is 3.26. The number of imide groups is 1. The summed E-state index contributed by atoms with van der Waals surface area (Å²) in [5, 5.41) is 20.3. The molecule has 4 rings (SSSR count). The molecule has 2 atom stereocenters. The standard InChI is InChI=1S/C28H27NO7S/c1-37(35,36)21-13-11-20(12-14-21)19-9-6-18(7-10-19)8-15-25(30)24(28(33)34)16-17-29-26(31)22-4-2-3-5-23(22)27(29)32/h2-7,9-14,24-25,30H,8,15-17H2,1H3,(H,33,34). The summed E-state index contributed by atoms with van der Waals surface area (Å²) in [4.78, 5) is 38.2. The first-order valence-electron chi connectivity index (χ1n) is 11.8. The van der Waals surface area contributed by atoms with Crippen LogP contribution in [-0.2, 0) is 21.1 Å². The van der Waals surface area contributed by atoms with Gasteiger partial charge in [-0.25, -0.2) is 8.42 Å². The fourth-order valence-corrected chi connectivity index (χ4v) is 5.10. The molecule has 0 spiro atoms. The predicted octanol–water partition coefficient (Wildman–Crippen LogP) is 3.44. The van der Waals surface area contributed by atoms with E-state index in [1.807, 2.05) is 24.3 Å². The molecule has 3 aromatic carbocycles. The van der Waals surface area contributed by atoms with Gasteiger partial charge in [0.1, 0.15) is 0 Å². The lowest BCUT2D eigenvalue weighted by Gasteiger charge is -2.22. The van der Waals surface area contributed by atoms with Crippen LogP contribution in [0.5, 0.6) is 0 Å². The Morgan fingerprint density at radius 1 is 0.838 bits per heavy atom. The summed E-state index contributed by atoms with van der Waals surface area (Å²) < 4.78 is 23.3. The van der Waals surface area contributed by atoms with E-state index >= 15 is 0 Å². The monoisotopic (exact) mass is 521 g/mol.